The molecule has 21 heavy (non-hydrogen) atoms. The lowest BCUT2D eigenvalue weighted by atomic mass is 10.0. The lowest BCUT2D eigenvalue weighted by Crippen LogP contribution is -2.43. The molecule has 1 aromatic rings. The zero-order valence-electron chi connectivity index (χ0n) is 13.1. The first-order valence-electron chi connectivity index (χ1n) is 6.56. The van der Waals surface area contributed by atoms with E-state index in [1.54, 1.807) is 14.2 Å². The lowest BCUT2D eigenvalue weighted by Gasteiger charge is -2.34. The van der Waals surface area contributed by atoms with E-state index < -0.39 is 5.97 Å². The molecule has 0 radical (unpaired) electrons. The highest BCUT2D eigenvalue weighted by molar-refractivity contribution is 9.10. The molecule has 0 spiro atoms. The van der Waals surface area contributed by atoms with Crippen molar-refractivity contribution in [3.8, 4) is 11.5 Å². The average Bonchev–Trinajstić information content (AvgIpc) is 2.37. The van der Waals surface area contributed by atoms with Gasteiger partial charge in [-0.3, -0.25) is 9.69 Å². The fraction of sp³-hybridized carbons (Fsp3) is 0.533. The SMILES string of the molecule is COc1cc(Br)c(CN(CC(=O)O)C(C)(C)C)cc1OC. The summed E-state index contributed by atoms with van der Waals surface area (Å²) < 4.78 is 11.4. The van der Waals surface area contributed by atoms with Gasteiger partial charge in [0.1, 0.15) is 0 Å². The molecule has 0 unspecified atom stereocenters. The Kier molecular flexibility index (Phi) is 6.04. The fourth-order valence-corrected chi connectivity index (χ4v) is 2.36. The molecule has 0 aromatic heterocycles. The first kappa shape index (κ1) is 17.8. The molecule has 1 N–H and O–H groups in total. The Morgan fingerprint density at radius 1 is 1.24 bits per heavy atom. The van der Waals surface area contributed by atoms with Crippen molar-refractivity contribution in [1.29, 1.82) is 0 Å². The van der Waals surface area contributed by atoms with Crippen LogP contribution in [0.1, 0.15) is 26.3 Å². The monoisotopic (exact) mass is 359 g/mol. The van der Waals surface area contributed by atoms with Crippen LogP contribution in [0.5, 0.6) is 11.5 Å². The zero-order chi connectivity index (χ0) is 16.2. The maximum Gasteiger partial charge on any atom is 0.317 e. The number of nitrogens with zero attached hydrogens (tertiary/aromatic N) is 1. The molecule has 0 fully saturated rings. The van der Waals surface area contributed by atoms with Gasteiger partial charge in [-0.25, -0.2) is 0 Å². The summed E-state index contributed by atoms with van der Waals surface area (Å²) in [6, 6.07) is 3.69. The molecular formula is C15H22BrNO4. The van der Waals surface area contributed by atoms with Gasteiger partial charge in [0.25, 0.3) is 0 Å². The average molecular weight is 360 g/mol. The van der Waals surface area contributed by atoms with Gasteiger partial charge in [0, 0.05) is 16.6 Å². The third-order valence-corrected chi connectivity index (χ3v) is 3.93. The van der Waals surface area contributed by atoms with Crippen LogP contribution in [0.25, 0.3) is 0 Å². The maximum atomic E-state index is 11.1. The van der Waals surface area contributed by atoms with E-state index >= 15 is 0 Å². The molecule has 0 aliphatic heterocycles. The Morgan fingerprint density at radius 3 is 2.19 bits per heavy atom. The van der Waals surface area contributed by atoms with E-state index in [-0.39, 0.29) is 12.1 Å². The molecule has 1 aromatic carbocycles. The molecule has 0 heterocycles. The van der Waals surface area contributed by atoms with Gasteiger partial charge in [0.15, 0.2) is 11.5 Å². The third kappa shape index (κ3) is 4.89. The van der Waals surface area contributed by atoms with E-state index in [1.807, 2.05) is 37.8 Å². The van der Waals surface area contributed by atoms with Crippen molar-refractivity contribution < 1.29 is 19.4 Å². The summed E-state index contributed by atoms with van der Waals surface area (Å²) in [5.74, 6) is 0.412. The second-order valence-corrected chi connectivity index (χ2v) is 6.57. The summed E-state index contributed by atoms with van der Waals surface area (Å²) >= 11 is 3.50. The minimum atomic E-state index is -0.846. The number of rotatable bonds is 6. The van der Waals surface area contributed by atoms with Gasteiger partial charge >= 0.3 is 5.97 Å². The molecule has 0 aliphatic carbocycles. The highest BCUT2D eigenvalue weighted by atomic mass is 79.9. The Labute approximate surface area is 134 Å². The highest BCUT2D eigenvalue weighted by Gasteiger charge is 2.25. The quantitative estimate of drug-likeness (QED) is 0.845. The van der Waals surface area contributed by atoms with Gasteiger partial charge in [-0.15, -0.1) is 0 Å². The topological polar surface area (TPSA) is 59.0 Å². The van der Waals surface area contributed by atoms with Gasteiger partial charge in [0.05, 0.1) is 20.8 Å². The standard InChI is InChI=1S/C15H22BrNO4/c1-15(2,3)17(9-14(18)19)8-10-6-12(20-4)13(21-5)7-11(10)16/h6-7H,8-9H2,1-5H3,(H,18,19). The largest absolute Gasteiger partial charge is 0.493 e. The van der Waals surface area contributed by atoms with Crippen LogP contribution >= 0.6 is 15.9 Å². The second-order valence-electron chi connectivity index (χ2n) is 5.72. The van der Waals surface area contributed by atoms with Crippen LogP contribution in [0.3, 0.4) is 0 Å². The zero-order valence-corrected chi connectivity index (χ0v) is 14.7. The van der Waals surface area contributed by atoms with Crippen molar-refractivity contribution in [3.63, 3.8) is 0 Å². The second kappa shape index (κ2) is 7.13. The van der Waals surface area contributed by atoms with Gasteiger partial charge in [-0.1, -0.05) is 15.9 Å². The number of hydrogen-bond donors (Lipinski definition) is 1. The molecule has 0 aliphatic rings. The Hall–Kier alpha value is -1.27. The number of carbonyl (C=O) groups is 1. The molecule has 5 nitrogen and oxygen atoms in total. The van der Waals surface area contributed by atoms with Crippen LogP contribution in [-0.2, 0) is 11.3 Å². The lowest BCUT2D eigenvalue weighted by molar-refractivity contribution is -0.139. The summed E-state index contributed by atoms with van der Waals surface area (Å²) in [7, 11) is 3.16. The molecule has 0 saturated heterocycles. The summed E-state index contributed by atoms with van der Waals surface area (Å²) in [6.07, 6.45) is 0. The molecule has 6 heteroatoms. The molecule has 118 valence electrons. The first-order chi connectivity index (χ1) is 9.68. The Balaban J connectivity index is 3.11. The van der Waals surface area contributed by atoms with Crippen molar-refractivity contribution in [2.75, 3.05) is 20.8 Å². The number of methoxy groups -OCH3 is 2. The van der Waals surface area contributed by atoms with Crippen LogP contribution in [-0.4, -0.2) is 42.3 Å². The van der Waals surface area contributed by atoms with Crippen LogP contribution in [0.15, 0.2) is 16.6 Å². The molecule has 0 saturated carbocycles. The van der Waals surface area contributed by atoms with E-state index in [9.17, 15) is 4.79 Å². The van der Waals surface area contributed by atoms with Gasteiger partial charge in [0.2, 0.25) is 0 Å². The first-order valence-corrected chi connectivity index (χ1v) is 7.35. The number of halogens is 1. The number of carboxylic acids is 1. The molecule has 0 atom stereocenters. The van der Waals surface area contributed by atoms with E-state index in [2.05, 4.69) is 15.9 Å². The summed E-state index contributed by atoms with van der Waals surface area (Å²) in [4.78, 5) is 12.9. The van der Waals surface area contributed by atoms with E-state index in [4.69, 9.17) is 14.6 Å². The smallest absolute Gasteiger partial charge is 0.317 e. The van der Waals surface area contributed by atoms with Gasteiger partial charge in [-0.2, -0.15) is 0 Å². The van der Waals surface area contributed by atoms with E-state index in [1.165, 1.54) is 0 Å². The third-order valence-electron chi connectivity index (χ3n) is 3.19. The number of benzene rings is 1. The minimum Gasteiger partial charge on any atom is -0.493 e. The molecule has 0 amide bonds. The minimum absolute atomic E-state index is 0.0235. The van der Waals surface area contributed by atoms with Crippen molar-refractivity contribution in [2.24, 2.45) is 0 Å². The summed E-state index contributed by atoms with van der Waals surface area (Å²) in [5.41, 5.74) is 0.689. The number of hydrogen-bond acceptors (Lipinski definition) is 4. The predicted octanol–water partition coefficient (Wildman–Crippen LogP) is 3.15. The van der Waals surface area contributed by atoms with Crippen molar-refractivity contribution in [3.05, 3.63) is 22.2 Å². The van der Waals surface area contributed by atoms with Crippen molar-refractivity contribution in [2.45, 2.75) is 32.9 Å². The highest BCUT2D eigenvalue weighted by Crippen LogP contribution is 2.34. The number of aliphatic carboxylic acids is 1. The molecular weight excluding hydrogens is 338 g/mol. The predicted molar refractivity (Wildman–Crippen MR) is 85.0 cm³/mol. The van der Waals surface area contributed by atoms with Crippen LogP contribution < -0.4 is 9.47 Å². The van der Waals surface area contributed by atoms with Crippen LogP contribution in [0.2, 0.25) is 0 Å². The number of carboxylic acid groups (broad SMARTS) is 1. The normalized spacial score (nSPS) is 11.6. The number of ether oxygens (including phenoxy) is 2. The Morgan fingerprint density at radius 2 is 1.76 bits per heavy atom. The maximum absolute atomic E-state index is 11.1. The van der Waals surface area contributed by atoms with Crippen molar-refractivity contribution >= 4 is 21.9 Å². The van der Waals surface area contributed by atoms with Crippen LogP contribution in [0.4, 0.5) is 0 Å². The van der Waals surface area contributed by atoms with Gasteiger partial charge < -0.3 is 14.6 Å². The summed E-state index contributed by atoms with van der Waals surface area (Å²) in [6.45, 7) is 6.45. The Bertz CT molecular complexity index is 511. The van der Waals surface area contributed by atoms with E-state index in [0.717, 1.165) is 10.0 Å². The fourth-order valence-electron chi connectivity index (χ4n) is 1.92. The molecule has 0 bridgehead atoms. The van der Waals surface area contributed by atoms with Crippen LogP contribution in [0, 0.1) is 0 Å². The van der Waals surface area contributed by atoms with E-state index in [0.29, 0.717) is 18.0 Å². The van der Waals surface area contributed by atoms with Gasteiger partial charge in [-0.05, 0) is 38.5 Å². The molecule has 1 rings (SSSR count). The summed E-state index contributed by atoms with van der Waals surface area (Å²) in [5, 5.41) is 9.08. The van der Waals surface area contributed by atoms with Crippen molar-refractivity contribution in [1.82, 2.24) is 4.90 Å².